The standard InChI is InChI=1S/C11H14BrN3/c1-2-15(7-3-6-13)9-11-5-4-10(12)8-14-11/h4-5,8H,2-3,7,9H2,1H3. The number of nitrogens with zero attached hydrogens (tertiary/aromatic N) is 3. The summed E-state index contributed by atoms with van der Waals surface area (Å²) in [5.41, 5.74) is 1.04. The summed E-state index contributed by atoms with van der Waals surface area (Å²) in [7, 11) is 0. The maximum absolute atomic E-state index is 8.51. The van der Waals surface area contributed by atoms with Crippen LogP contribution in [0.1, 0.15) is 19.0 Å². The van der Waals surface area contributed by atoms with Gasteiger partial charge in [-0.15, -0.1) is 0 Å². The Kier molecular flexibility index (Phi) is 5.30. The molecular formula is C11H14BrN3. The van der Waals surface area contributed by atoms with Gasteiger partial charge in [0.15, 0.2) is 0 Å². The molecule has 0 bridgehead atoms. The summed E-state index contributed by atoms with van der Waals surface area (Å²) in [6.07, 6.45) is 2.37. The van der Waals surface area contributed by atoms with Crippen molar-refractivity contribution in [2.75, 3.05) is 13.1 Å². The number of nitriles is 1. The van der Waals surface area contributed by atoms with Crippen molar-refractivity contribution in [2.24, 2.45) is 0 Å². The third-order valence-corrected chi connectivity index (χ3v) is 2.63. The average Bonchev–Trinajstić information content (AvgIpc) is 2.27. The van der Waals surface area contributed by atoms with Crippen LogP contribution in [-0.4, -0.2) is 23.0 Å². The smallest absolute Gasteiger partial charge is 0.0635 e. The first kappa shape index (κ1) is 12.2. The van der Waals surface area contributed by atoms with Crippen molar-refractivity contribution in [3.8, 4) is 6.07 Å². The largest absolute Gasteiger partial charge is 0.297 e. The summed E-state index contributed by atoms with van der Waals surface area (Å²) in [5.74, 6) is 0. The van der Waals surface area contributed by atoms with Gasteiger partial charge in [-0.2, -0.15) is 5.26 Å². The van der Waals surface area contributed by atoms with E-state index in [0.717, 1.165) is 29.8 Å². The molecule has 0 radical (unpaired) electrons. The monoisotopic (exact) mass is 267 g/mol. The second kappa shape index (κ2) is 6.54. The van der Waals surface area contributed by atoms with Crippen LogP contribution in [0, 0.1) is 11.3 Å². The predicted molar refractivity (Wildman–Crippen MR) is 63.1 cm³/mol. The first-order valence-electron chi connectivity index (χ1n) is 4.96. The first-order valence-corrected chi connectivity index (χ1v) is 5.75. The summed E-state index contributed by atoms with van der Waals surface area (Å²) in [6, 6.07) is 6.14. The highest BCUT2D eigenvalue weighted by molar-refractivity contribution is 9.10. The van der Waals surface area contributed by atoms with Crippen LogP contribution >= 0.6 is 15.9 Å². The van der Waals surface area contributed by atoms with E-state index in [1.807, 2.05) is 12.1 Å². The molecule has 1 heterocycles. The van der Waals surface area contributed by atoms with E-state index < -0.39 is 0 Å². The van der Waals surface area contributed by atoms with Gasteiger partial charge in [-0.1, -0.05) is 6.92 Å². The maximum atomic E-state index is 8.51. The van der Waals surface area contributed by atoms with E-state index in [0.29, 0.717) is 6.42 Å². The van der Waals surface area contributed by atoms with Gasteiger partial charge >= 0.3 is 0 Å². The highest BCUT2D eigenvalue weighted by atomic mass is 79.9. The van der Waals surface area contributed by atoms with Gasteiger partial charge in [0, 0.05) is 30.2 Å². The Labute approximate surface area is 98.9 Å². The Morgan fingerprint density at radius 3 is 2.87 bits per heavy atom. The number of pyridine rings is 1. The quantitative estimate of drug-likeness (QED) is 0.824. The Bertz CT molecular complexity index is 329. The lowest BCUT2D eigenvalue weighted by Crippen LogP contribution is -2.24. The van der Waals surface area contributed by atoms with Crippen LogP contribution in [0.5, 0.6) is 0 Å². The lowest BCUT2D eigenvalue weighted by Gasteiger charge is -2.18. The number of hydrogen-bond donors (Lipinski definition) is 0. The molecule has 0 fully saturated rings. The highest BCUT2D eigenvalue weighted by Gasteiger charge is 2.03. The van der Waals surface area contributed by atoms with Crippen molar-refractivity contribution >= 4 is 15.9 Å². The molecule has 0 aromatic carbocycles. The van der Waals surface area contributed by atoms with Gasteiger partial charge in [0.2, 0.25) is 0 Å². The summed E-state index contributed by atoms with van der Waals surface area (Å²) in [6.45, 7) is 4.66. The fraction of sp³-hybridized carbons (Fsp3) is 0.455. The fourth-order valence-electron chi connectivity index (χ4n) is 1.29. The van der Waals surface area contributed by atoms with Gasteiger partial charge in [-0.25, -0.2) is 0 Å². The zero-order chi connectivity index (χ0) is 11.1. The lowest BCUT2D eigenvalue weighted by atomic mass is 10.3. The molecule has 0 N–H and O–H groups in total. The van der Waals surface area contributed by atoms with E-state index >= 15 is 0 Å². The van der Waals surface area contributed by atoms with Gasteiger partial charge in [0.05, 0.1) is 11.8 Å². The van der Waals surface area contributed by atoms with Crippen molar-refractivity contribution < 1.29 is 0 Å². The molecule has 80 valence electrons. The van der Waals surface area contributed by atoms with Crippen LogP contribution in [0.2, 0.25) is 0 Å². The molecule has 0 aliphatic heterocycles. The second-order valence-corrected chi connectivity index (χ2v) is 4.16. The molecule has 0 atom stereocenters. The predicted octanol–water partition coefficient (Wildman–Crippen LogP) is 2.58. The molecule has 0 unspecified atom stereocenters. The van der Waals surface area contributed by atoms with Crippen molar-refractivity contribution in [2.45, 2.75) is 19.9 Å². The maximum Gasteiger partial charge on any atom is 0.0635 e. The van der Waals surface area contributed by atoms with E-state index in [4.69, 9.17) is 5.26 Å². The van der Waals surface area contributed by atoms with Crippen molar-refractivity contribution in [3.05, 3.63) is 28.5 Å². The summed E-state index contributed by atoms with van der Waals surface area (Å²) >= 11 is 3.35. The molecule has 0 saturated heterocycles. The number of halogens is 1. The van der Waals surface area contributed by atoms with Gasteiger partial charge in [-0.3, -0.25) is 9.88 Å². The highest BCUT2D eigenvalue weighted by Crippen LogP contribution is 2.09. The minimum atomic E-state index is 0.574. The zero-order valence-corrected chi connectivity index (χ0v) is 10.4. The summed E-state index contributed by atoms with van der Waals surface area (Å²) in [4.78, 5) is 6.51. The third-order valence-electron chi connectivity index (χ3n) is 2.16. The summed E-state index contributed by atoms with van der Waals surface area (Å²) in [5, 5.41) is 8.51. The van der Waals surface area contributed by atoms with E-state index in [-0.39, 0.29) is 0 Å². The average molecular weight is 268 g/mol. The van der Waals surface area contributed by atoms with Crippen LogP contribution < -0.4 is 0 Å². The van der Waals surface area contributed by atoms with E-state index in [1.54, 1.807) is 6.20 Å². The van der Waals surface area contributed by atoms with E-state index in [2.05, 4.69) is 38.8 Å². The summed E-state index contributed by atoms with van der Waals surface area (Å²) < 4.78 is 0.992. The number of aromatic nitrogens is 1. The normalized spacial score (nSPS) is 10.3. The van der Waals surface area contributed by atoms with E-state index in [1.165, 1.54) is 0 Å². The first-order chi connectivity index (χ1) is 7.26. The molecule has 0 aliphatic carbocycles. The second-order valence-electron chi connectivity index (χ2n) is 3.24. The van der Waals surface area contributed by atoms with Crippen molar-refractivity contribution in [3.63, 3.8) is 0 Å². The zero-order valence-electron chi connectivity index (χ0n) is 8.78. The number of rotatable bonds is 5. The molecule has 0 saturated carbocycles. The molecule has 1 aromatic rings. The Balaban J connectivity index is 2.51. The Morgan fingerprint density at radius 2 is 2.33 bits per heavy atom. The Morgan fingerprint density at radius 1 is 1.53 bits per heavy atom. The van der Waals surface area contributed by atoms with Crippen LogP contribution in [0.4, 0.5) is 0 Å². The molecule has 1 rings (SSSR count). The number of hydrogen-bond acceptors (Lipinski definition) is 3. The molecule has 3 nitrogen and oxygen atoms in total. The van der Waals surface area contributed by atoms with E-state index in [9.17, 15) is 0 Å². The fourth-order valence-corrected chi connectivity index (χ4v) is 1.52. The van der Waals surface area contributed by atoms with Gasteiger partial charge in [0.25, 0.3) is 0 Å². The molecule has 1 aromatic heterocycles. The van der Waals surface area contributed by atoms with Crippen LogP contribution in [-0.2, 0) is 6.54 Å². The molecule has 4 heteroatoms. The van der Waals surface area contributed by atoms with Crippen LogP contribution in [0.25, 0.3) is 0 Å². The molecule has 15 heavy (non-hydrogen) atoms. The topological polar surface area (TPSA) is 39.9 Å². The molecule has 0 spiro atoms. The SMILES string of the molecule is CCN(CCC#N)Cc1ccc(Br)cn1. The van der Waals surface area contributed by atoms with Gasteiger partial charge in [-0.05, 0) is 34.6 Å². The Hall–Kier alpha value is -0.920. The minimum absolute atomic E-state index is 0.574. The molecule has 0 aliphatic rings. The van der Waals surface area contributed by atoms with Gasteiger partial charge in [0.1, 0.15) is 0 Å². The van der Waals surface area contributed by atoms with Crippen molar-refractivity contribution in [1.82, 2.24) is 9.88 Å². The van der Waals surface area contributed by atoms with Crippen molar-refractivity contribution in [1.29, 1.82) is 5.26 Å². The third kappa shape index (κ3) is 4.41. The van der Waals surface area contributed by atoms with Crippen LogP contribution in [0.15, 0.2) is 22.8 Å². The van der Waals surface area contributed by atoms with Crippen LogP contribution in [0.3, 0.4) is 0 Å². The molecular weight excluding hydrogens is 254 g/mol. The lowest BCUT2D eigenvalue weighted by molar-refractivity contribution is 0.283. The molecule has 0 amide bonds. The van der Waals surface area contributed by atoms with Gasteiger partial charge < -0.3 is 0 Å². The minimum Gasteiger partial charge on any atom is -0.297 e.